The van der Waals surface area contributed by atoms with Crippen molar-refractivity contribution in [1.29, 1.82) is 0 Å². The summed E-state index contributed by atoms with van der Waals surface area (Å²) in [6.45, 7) is 1.39. The van der Waals surface area contributed by atoms with Crippen molar-refractivity contribution in [2.75, 3.05) is 6.61 Å². The van der Waals surface area contributed by atoms with Crippen LogP contribution in [0.3, 0.4) is 0 Å². The van der Waals surface area contributed by atoms with Gasteiger partial charge in [0.25, 0.3) is 0 Å². The minimum absolute atomic E-state index is 0.0914. The lowest BCUT2D eigenvalue weighted by molar-refractivity contribution is -0.128. The second-order valence-corrected chi connectivity index (χ2v) is 10.0. The van der Waals surface area contributed by atoms with E-state index >= 15 is 0 Å². The highest BCUT2D eigenvalue weighted by Crippen LogP contribution is 2.45. The summed E-state index contributed by atoms with van der Waals surface area (Å²) in [5.41, 5.74) is 0.961. The second-order valence-electron chi connectivity index (χ2n) is 10.0. The van der Waals surface area contributed by atoms with E-state index in [-0.39, 0.29) is 25.4 Å². The van der Waals surface area contributed by atoms with Crippen molar-refractivity contribution in [3.05, 3.63) is 95.7 Å². The van der Waals surface area contributed by atoms with Gasteiger partial charge in [0, 0.05) is 35.5 Å². The fourth-order valence-corrected chi connectivity index (χ4v) is 4.82. The molecule has 2 aliphatic carbocycles. The summed E-state index contributed by atoms with van der Waals surface area (Å²) in [6.07, 6.45) is 4.93. The molecule has 1 heterocycles. The lowest BCUT2D eigenvalue weighted by Gasteiger charge is -2.32. The molecule has 192 valence electrons. The number of amides is 2. The standard InChI is InChI=1S/C29H29F2N3O3/c1-28(16-20-17-32-25-10-6-5-9-23(20)25,26(35)33-29(13-14-29)21-7-3-2-4-8-21)34-27(36)37-18-19-11-12-22(30)15-24(19)31/h2-10,12,15,17,19,32H,11,13-14,16,18H2,1H3,(H,33,35)(H,34,36)/t19?,28-/m1/s1. The third kappa shape index (κ3) is 5.28. The molecule has 5 rings (SSSR count). The number of hydrogen-bond donors (Lipinski definition) is 3. The first-order valence-electron chi connectivity index (χ1n) is 12.4. The number of carbonyl (C=O) groups is 2. The number of nitrogens with one attached hydrogen (secondary N) is 3. The maximum absolute atomic E-state index is 14.1. The van der Waals surface area contributed by atoms with Gasteiger partial charge in [0.2, 0.25) is 5.91 Å². The number of H-pyrrole nitrogens is 1. The first-order valence-corrected chi connectivity index (χ1v) is 12.4. The zero-order chi connectivity index (χ0) is 26.0. The number of ether oxygens (including phenoxy) is 1. The predicted molar refractivity (Wildman–Crippen MR) is 137 cm³/mol. The van der Waals surface area contributed by atoms with Crippen molar-refractivity contribution in [1.82, 2.24) is 15.6 Å². The molecule has 37 heavy (non-hydrogen) atoms. The Hall–Kier alpha value is -3.94. The lowest BCUT2D eigenvalue weighted by Crippen LogP contribution is -2.60. The summed E-state index contributed by atoms with van der Waals surface area (Å²) in [4.78, 5) is 29.8. The fourth-order valence-electron chi connectivity index (χ4n) is 4.82. The monoisotopic (exact) mass is 505 g/mol. The van der Waals surface area contributed by atoms with E-state index in [9.17, 15) is 18.4 Å². The molecule has 1 fully saturated rings. The van der Waals surface area contributed by atoms with Gasteiger partial charge in [-0.25, -0.2) is 13.6 Å². The number of allylic oxidation sites excluding steroid dienone is 3. The highest BCUT2D eigenvalue weighted by atomic mass is 19.1. The van der Waals surface area contributed by atoms with Crippen LogP contribution in [0.15, 0.2) is 84.6 Å². The molecule has 1 saturated carbocycles. The third-order valence-corrected chi connectivity index (χ3v) is 7.21. The topological polar surface area (TPSA) is 83.2 Å². The van der Waals surface area contributed by atoms with Crippen LogP contribution in [-0.2, 0) is 21.5 Å². The Balaban J connectivity index is 1.35. The highest BCUT2D eigenvalue weighted by molar-refractivity contribution is 5.92. The number of alkyl carbamates (subject to hydrolysis) is 1. The van der Waals surface area contributed by atoms with Crippen LogP contribution in [0.1, 0.15) is 37.3 Å². The average Bonchev–Trinajstić information content (AvgIpc) is 3.57. The molecule has 3 N–H and O–H groups in total. The number of carbonyl (C=O) groups excluding carboxylic acids is 2. The molecule has 1 aromatic heterocycles. The number of para-hydroxylation sites is 1. The maximum Gasteiger partial charge on any atom is 0.408 e. The Labute approximate surface area is 213 Å². The number of aromatic amines is 1. The van der Waals surface area contributed by atoms with Gasteiger partial charge in [-0.15, -0.1) is 0 Å². The van der Waals surface area contributed by atoms with Gasteiger partial charge >= 0.3 is 6.09 Å². The zero-order valence-corrected chi connectivity index (χ0v) is 20.5. The largest absolute Gasteiger partial charge is 0.449 e. The van der Waals surface area contributed by atoms with E-state index in [1.54, 1.807) is 6.92 Å². The fraction of sp³-hybridized carbons (Fsp3) is 0.310. The normalized spacial score (nSPS) is 19.8. The van der Waals surface area contributed by atoms with Crippen molar-refractivity contribution in [3.8, 4) is 0 Å². The lowest BCUT2D eigenvalue weighted by atomic mass is 9.90. The summed E-state index contributed by atoms with van der Waals surface area (Å²) in [5.74, 6) is -2.42. The molecule has 1 unspecified atom stereocenters. The molecule has 2 aliphatic rings. The predicted octanol–water partition coefficient (Wildman–Crippen LogP) is 5.73. The van der Waals surface area contributed by atoms with E-state index < -0.39 is 34.7 Å². The van der Waals surface area contributed by atoms with Gasteiger partial charge in [-0.05, 0) is 49.5 Å². The molecule has 8 heteroatoms. The van der Waals surface area contributed by atoms with Gasteiger partial charge in [-0.1, -0.05) is 48.5 Å². The Morgan fingerprint density at radius 1 is 1.11 bits per heavy atom. The number of aromatic nitrogens is 1. The van der Waals surface area contributed by atoms with Gasteiger partial charge in [0.1, 0.15) is 23.8 Å². The third-order valence-electron chi connectivity index (χ3n) is 7.21. The minimum Gasteiger partial charge on any atom is -0.449 e. The number of halogens is 2. The van der Waals surface area contributed by atoms with E-state index in [2.05, 4.69) is 15.6 Å². The van der Waals surface area contributed by atoms with E-state index in [0.29, 0.717) is 0 Å². The van der Waals surface area contributed by atoms with Crippen LogP contribution in [-0.4, -0.2) is 29.1 Å². The summed E-state index contributed by atoms with van der Waals surface area (Å²) >= 11 is 0. The summed E-state index contributed by atoms with van der Waals surface area (Å²) in [6, 6.07) is 17.5. The molecule has 0 spiro atoms. The molecule has 2 atom stereocenters. The summed E-state index contributed by atoms with van der Waals surface area (Å²) < 4.78 is 32.6. The molecular formula is C29H29F2N3O3. The van der Waals surface area contributed by atoms with Gasteiger partial charge in [0.15, 0.2) is 0 Å². The van der Waals surface area contributed by atoms with Crippen molar-refractivity contribution in [3.63, 3.8) is 0 Å². The Kier molecular flexibility index (Phi) is 6.58. The molecule has 0 saturated heterocycles. The molecule has 2 aromatic carbocycles. The van der Waals surface area contributed by atoms with Gasteiger partial charge < -0.3 is 20.4 Å². The molecule has 2 amide bonds. The zero-order valence-electron chi connectivity index (χ0n) is 20.5. The molecule has 0 bridgehead atoms. The van der Waals surface area contributed by atoms with Gasteiger partial charge in [-0.2, -0.15) is 0 Å². The van der Waals surface area contributed by atoms with Crippen molar-refractivity contribution >= 4 is 22.9 Å². The van der Waals surface area contributed by atoms with Crippen LogP contribution < -0.4 is 10.6 Å². The molecule has 6 nitrogen and oxygen atoms in total. The van der Waals surface area contributed by atoms with Crippen LogP contribution in [0.4, 0.5) is 13.6 Å². The van der Waals surface area contributed by atoms with E-state index in [4.69, 9.17) is 4.74 Å². The Morgan fingerprint density at radius 3 is 2.57 bits per heavy atom. The minimum atomic E-state index is -1.36. The van der Waals surface area contributed by atoms with Crippen LogP contribution >= 0.6 is 0 Å². The summed E-state index contributed by atoms with van der Waals surface area (Å²) in [7, 11) is 0. The molecular weight excluding hydrogens is 476 g/mol. The highest BCUT2D eigenvalue weighted by Gasteiger charge is 2.49. The first-order chi connectivity index (χ1) is 17.8. The van der Waals surface area contributed by atoms with Crippen LogP contribution in [0, 0.1) is 5.92 Å². The molecule has 3 aromatic rings. The van der Waals surface area contributed by atoms with E-state index in [0.717, 1.165) is 40.9 Å². The van der Waals surface area contributed by atoms with Crippen molar-refractivity contribution in [2.45, 2.75) is 43.7 Å². The first kappa shape index (κ1) is 24.7. The Bertz CT molecular complexity index is 1380. The van der Waals surface area contributed by atoms with Gasteiger partial charge in [-0.3, -0.25) is 4.79 Å². The van der Waals surface area contributed by atoms with Crippen LogP contribution in [0.25, 0.3) is 10.9 Å². The SMILES string of the molecule is C[C@](Cc1c[nH]c2ccccc12)(NC(=O)OCC1CC=C(F)C=C1F)C(=O)NC1(c2ccccc2)CC1. The Morgan fingerprint density at radius 2 is 1.84 bits per heavy atom. The molecule has 0 aliphatic heterocycles. The van der Waals surface area contributed by atoms with Crippen molar-refractivity contribution in [2.24, 2.45) is 5.92 Å². The number of rotatable bonds is 8. The quantitative estimate of drug-likeness (QED) is 0.366. The molecule has 0 radical (unpaired) electrons. The number of hydrogen-bond acceptors (Lipinski definition) is 3. The summed E-state index contributed by atoms with van der Waals surface area (Å²) in [5, 5.41) is 6.86. The second kappa shape index (κ2) is 9.84. The van der Waals surface area contributed by atoms with Crippen LogP contribution in [0.5, 0.6) is 0 Å². The van der Waals surface area contributed by atoms with E-state index in [1.165, 1.54) is 6.08 Å². The smallest absolute Gasteiger partial charge is 0.408 e. The maximum atomic E-state index is 14.1. The van der Waals surface area contributed by atoms with E-state index in [1.807, 2.05) is 60.8 Å². The van der Waals surface area contributed by atoms with Gasteiger partial charge in [0.05, 0.1) is 5.54 Å². The van der Waals surface area contributed by atoms with Crippen LogP contribution in [0.2, 0.25) is 0 Å². The van der Waals surface area contributed by atoms with Crippen molar-refractivity contribution < 1.29 is 23.1 Å². The number of fused-ring (bicyclic) bond motifs is 1. The number of benzene rings is 2. The average molecular weight is 506 g/mol.